The standard InChI is InChI=1S/C21H25NO5/c1-14-11-19(15(2)22(14)3)20(23)13-27-21(24)16-6-8-17(9-7-16)26-12-18-5-4-10-25-18/h6-9,11,18H,4-5,10,12-13H2,1-3H3/t18-/m1/s1. The van der Waals surface area contributed by atoms with Crippen LogP contribution in [0.3, 0.4) is 0 Å². The van der Waals surface area contributed by atoms with E-state index in [0.29, 0.717) is 23.5 Å². The third-order valence-corrected chi connectivity index (χ3v) is 4.96. The quantitative estimate of drug-likeness (QED) is 0.552. The maximum absolute atomic E-state index is 12.3. The Morgan fingerprint density at radius 2 is 1.96 bits per heavy atom. The van der Waals surface area contributed by atoms with E-state index in [1.165, 1.54) is 0 Å². The molecular weight excluding hydrogens is 346 g/mol. The summed E-state index contributed by atoms with van der Waals surface area (Å²) < 4.78 is 18.3. The van der Waals surface area contributed by atoms with Gasteiger partial charge in [-0.25, -0.2) is 4.79 Å². The van der Waals surface area contributed by atoms with E-state index in [0.717, 1.165) is 30.8 Å². The number of hydrogen-bond acceptors (Lipinski definition) is 5. The SMILES string of the molecule is Cc1cc(C(=O)COC(=O)c2ccc(OC[C@H]3CCCO3)cc2)c(C)n1C. The van der Waals surface area contributed by atoms with Crippen molar-refractivity contribution in [2.24, 2.45) is 7.05 Å². The molecule has 0 spiro atoms. The van der Waals surface area contributed by atoms with Gasteiger partial charge in [-0.1, -0.05) is 0 Å². The lowest BCUT2D eigenvalue weighted by atomic mass is 10.1. The van der Waals surface area contributed by atoms with Crippen molar-refractivity contribution in [3.8, 4) is 5.75 Å². The van der Waals surface area contributed by atoms with E-state index in [9.17, 15) is 9.59 Å². The molecule has 2 heterocycles. The summed E-state index contributed by atoms with van der Waals surface area (Å²) in [6.07, 6.45) is 2.23. The summed E-state index contributed by atoms with van der Waals surface area (Å²) in [5, 5.41) is 0. The molecule has 144 valence electrons. The molecule has 1 aromatic carbocycles. The van der Waals surface area contributed by atoms with Crippen LogP contribution in [0.2, 0.25) is 0 Å². The fourth-order valence-corrected chi connectivity index (χ4v) is 3.08. The van der Waals surface area contributed by atoms with Gasteiger partial charge in [0, 0.05) is 30.6 Å². The predicted octanol–water partition coefficient (Wildman–Crippen LogP) is 3.24. The number of nitrogens with zero attached hydrogens (tertiary/aromatic N) is 1. The van der Waals surface area contributed by atoms with Gasteiger partial charge in [0.05, 0.1) is 11.7 Å². The number of benzene rings is 1. The highest BCUT2D eigenvalue weighted by atomic mass is 16.5. The van der Waals surface area contributed by atoms with Crippen molar-refractivity contribution in [1.82, 2.24) is 4.57 Å². The van der Waals surface area contributed by atoms with Gasteiger partial charge in [-0.2, -0.15) is 0 Å². The average Bonchev–Trinajstić information content (AvgIpc) is 3.29. The molecule has 0 unspecified atom stereocenters. The monoisotopic (exact) mass is 371 g/mol. The summed E-state index contributed by atoms with van der Waals surface area (Å²) in [6.45, 7) is 4.82. The highest BCUT2D eigenvalue weighted by Gasteiger charge is 2.18. The molecule has 0 bridgehead atoms. The Balaban J connectivity index is 1.51. The fourth-order valence-electron chi connectivity index (χ4n) is 3.08. The molecular formula is C21H25NO5. The minimum absolute atomic E-state index is 0.144. The highest BCUT2D eigenvalue weighted by molar-refractivity contribution is 6.00. The summed E-state index contributed by atoms with van der Waals surface area (Å²) in [5.74, 6) is -0.0612. The van der Waals surface area contributed by atoms with E-state index < -0.39 is 5.97 Å². The lowest BCUT2D eigenvalue weighted by molar-refractivity contribution is 0.0474. The van der Waals surface area contributed by atoms with E-state index in [-0.39, 0.29) is 18.5 Å². The number of ether oxygens (including phenoxy) is 3. The number of carbonyl (C=O) groups is 2. The molecule has 1 saturated heterocycles. The second kappa shape index (κ2) is 8.39. The average molecular weight is 371 g/mol. The lowest BCUT2D eigenvalue weighted by Gasteiger charge is -2.11. The van der Waals surface area contributed by atoms with E-state index in [2.05, 4.69) is 0 Å². The zero-order valence-corrected chi connectivity index (χ0v) is 16.0. The van der Waals surface area contributed by atoms with Crippen molar-refractivity contribution in [2.75, 3.05) is 19.8 Å². The van der Waals surface area contributed by atoms with Crippen LogP contribution in [-0.4, -0.2) is 42.2 Å². The summed E-state index contributed by atoms with van der Waals surface area (Å²) in [4.78, 5) is 24.5. The van der Waals surface area contributed by atoms with Crippen LogP contribution < -0.4 is 4.74 Å². The van der Waals surface area contributed by atoms with Crippen LogP contribution in [0.4, 0.5) is 0 Å². The summed E-state index contributed by atoms with van der Waals surface area (Å²) >= 11 is 0. The van der Waals surface area contributed by atoms with Gasteiger partial charge < -0.3 is 18.8 Å². The lowest BCUT2D eigenvalue weighted by Crippen LogP contribution is -2.16. The maximum atomic E-state index is 12.3. The van der Waals surface area contributed by atoms with Gasteiger partial charge in [-0.05, 0) is 57.0 Å². The normalized spacial score (nSPS) is 16.3. The number of ketones is 1. The van der Waals surface area contributed by atoms with Crippen LogP contribution in [0.15, 0.2) is 30.3 Å². The van der Waals surface area contributed by atoms with Crippen LogP contribution in [0, 0.1) is 13.8 Å². The Morgan fingerprint density at radius 1 is 1.22 bits per heavy atom. The summed E-state index contributed by atoms with van der Waals surface area (Å²) in [7, 11) is 1.90. The second-order valence-corrected chi connectivity index (χ2v) is 6.81. The second-order valence-electron chi connectivity index (χ2n) is 6.81. The van der Waals surface area contributed by atoms with E-state index in [1.54, 1.807) is 24.3 Å². The number of aromatic nitrogens is 1. The van der Waals surface area contributed by atoms with Gasteiger partial charge in [0.15, 0.2) is 6.61 Å². The van der Waals surface area contributed by atoms with Crippen molar-refractivity contribution >= 4 is 11.8 Å². The molecule has 6 heteroatoms. The molecule has 3 rings (SSSR count). The van der Waals surface area contributed by atoms with Crippen LogP contribution in [-0.2, 0) is 16.5 Å². The Morgan fingerprint density at radius 3 is 2.56 bits per heavy atom. The van der Waals surface area contributed by atoms with E-state index in [4.69, 9.17) is 14.2 Å². The third kappa shape index (κ3) is 4.57. The third-order valence-electron chi connectivity index (χ3n) is 4.96. The Hall–Kier alpha value is -2.60. The van der Waals surface area contributed by atoms with Crippen LogP contribution in [0.25, 0.3) is 0 Å². The first-order valence-electron chi connectivity index (χ1n) is 9.13. The maximum Gasteiger partial charge on any atom is 0.338 e. The molecule has 1 aromatic heterocycles. The predicted molar refractivity (Wildman–Crippen MR) is 100 cm³/mol. The Labute approximate surface area is 159 Å². The minimum atomic E-state index is -0.528. The fraction of sp³-hybridized carbons (Fsp3) is 0.429. The topological polar surface area (TPSA) is 66.8 Å². The Bertz CT molecular complexity index is 816. The van der Waals surface area contributed by atoms with E-state index in [1.807, 2.05) is 31.5 Å². The number of carbonyl (C=O) groups excluding carboxylic acids is 2. The van der Waals surface area contributed by atoms with E-state index >= 15 is 0 Å². The molecule has 1 aliphatic heterocycles. The van der Waals surface area contributed by atoms with Crippen molar-refractivity contribution in [2.45, 2.75) is 32.8 Å². The molecule has 1 atom stereocenters. The molecule has 0 saturated carbocycles. The van der Waals surface area contributed by atoms with Crippen LogP contribution in [0.1, 0.15) is 44.9 Å². The van der Waals surface area contributed by atoms with Gasteiger partial charge in [0.2, 0.25) is 5.78 Å². The zero-order chi connectivity index (χ0) is 19.4. The number of aryl methyl sites for hydroxylation is 1. The minimum Gasteiger partial charge on any atom is -0.491 e. The van der Waals surface area contributed by atoms with Crippen molar-refractivity contribution in [1.29, 1.82) is 0 Å². The molecule has 6 nitrogen and oxygen atoms in total. The molecule has 27 heavy (non-hydrogen) atoms. The highest BCUT2D eigenvalue weighted by Crippen LogP contribution is 2.18. The number of esters is 1. The molecule has 0 aliphatic carbocycles. The molecule has 0 radical (unpaired) electrons. The van der Waals surface area contributed by atoms with Crippen molar-refractivity contribution in [3.05, 3.63) is 52.8 Å². The van der Waals surface area contributed by atoms with Crippen molar-refractivity contribution in [3.63, 3.8) is 0 Å². The first kappa shape index (κ1) is 19.2. The summed E-state index contributed by atoms with van der Waals surface area (Å²) in [5.41, 5.74) is 2.82. The number of Topliss-reactive ketones (excluding diaryl/α,β-unsaturated/α-hetero) is 1. The van der Waals surface area contributed by atoms with Gasteiger partial charge in [-0.3, -0.25) is 4.79 Å². The van der Waals surface area contributed by atoms with Crippen LogP contribution in [0.5, 0.6) is 5.75 Å². The van der Waals surface area contributed by atoms with Crippen molar-refractivity contribution < 1.29 is 23.8 Å². The number of hydrogen-bond donors (Lipinski definition) is 0. The van der Waals surface area contributed by atoms with Gasteiger partial charge in [-0.15, -0.1) is 0 Å². The smallest absolute Gasteiger partial charge is 0.338 e. The molecule has 0 N–H and O–H groups in total. The first-order chi connectivity index (χ1) is 13.0. The molecule has 0 amide bonds. The molecule has 1 fully saturated rings. The molecule has 1 aliphatic rings. The zero-order valence-electron chi connectivity index (χ0n) is 16.0. The van der Waals surface area contributed by atoms with Gasteiger partial charge in [0.1, 0.15) is 12.4 Å². The van der Waals surface area contributed by atoms with Crippen LogP contribution >= 0.6 is 0 Å². The summed E-state index contributed by atoms with van der Waals surface area (Å²) in [6, 6.07) is 8.52. The van der Waals surface area contributed by atoms with Gasteiger partial charge >= 0.3 is 5.97 Å². The molecule has 2 aromatic rings. The van der Waals surface area contributed by atoms with Gasteiger partial charge in [0.25, 0.3) is 0 Å². The Kier molecular flexibility index (Phi) is 5.96. The first-order valence-corrected chi connectivity index (χ1v) is 9.13. The largest absolute Gasteiger partial charge is 0.491 e. The number of rotatable bonds is 7.